The number of aliphatic hydroxyl groups excluding tert-OH is 2. The van der Waals surface area contributed by atoms with E-state index in [4.69, 9.17) is 9.72 Å². The number of rotatable bonds is 1. The summed E-state index contributed by atoms with van der Waals surface area (Å²) in [6, 6.07) is 6.78. The summed E-state index contributed by atoms with van der Waals surface area (Å²) in [5.74, 6) is 0.177. The summed E-state index contributed by atoms with van der Waals surface area (Å²) < 4.78 is 6.75. The van der Waals surface area contributed by atoms with Crippen LogP contribution in [-0.2, 0) is 24.3 Å². The first-order valence-electron chi connectivity index (χ1n) is 8.88. The van der Waals surface area contributed by atoms with Gasteiger partial charge in [-0.15, -0.1) is 0 Å². The lowest BCUT2D eigenvalue weighted by Gasteiger charge is -2.26. The highest BCUT2D eigenvalue weighted by molar-refractivity contribution is 5.89. The maximum absolute atomic E-state index is 13.0. The molecule has 0 radical (unpaired) electrons. The van der Waals surface area contributed by atoms with Crippen LogP contribution >= 0.6 is 0 Å². The van der Waals surface area contributed by atoms with Crippen molar-refractivity contribution in [3.8, 4) is 17.1 Å². The molecule has 7 nitrogen and oxygen atoms in total. The molecule has 0 fully saturated rings. The Balaban J connectivity index is 1.82. The molecule has 2 aromatic heterocycles. The Morgan fingerprint density at radius 3 is 2.85 bits per heavy atom. The Bertz CT molecular complexity index is 1170. The minimum Gasteiger partial charge on any atom is -0.508 e. The standard InChI is InChI=1S/C20H18N2O5/c1-2-10-11-5-9(23)3-4-15(11)21-17-13(10)7-22-16(17)6-12-14(19(22)25)8-27-20(26)18(12)24/h3-6,18,20,23-24,26H,2,7-8H2,1H3/t18-,20?/m0/s1. The number of phenols is 1. The van der Waals surface area contributed by atoms with E-state index >= 15 is 0 Å². The number of aromatic nitrogens is 2. The molecule has 0 bridgehead atoms. The van der Waals surface area contributed by atoms with E-state index in [1.807, 2.05) is 6.92 Å². The van der Waals surface area contributed by atoms with E-state index in [9.17, 15) is 20.1 Å². The predicted molar refractivity (Wildman–Crippen MR) is 97.3 cm³/mol. The highest BCUT2D eigenvalue weighted by Gasteiger charge is 2.34. The molecule has 7 heteroatoms. The molecular formula is C20H18N2O5. The van der Waals surface area contributed by atoms with Crippen LogP contribution in [-0.4, -0.2) is 31.2 Å². The number of aryl methyl sites for hydroxylation is 1. The molecule has 2 atom stereocenters. The Hall–Kier alpha value is -2.74. The van der Waals surface area contributed by atoms with Gasteiger partial charge in [0, 0.05) is 16.5 Å². The SMILES string of the molecule is CCc1c2c(nc3ccc(O)cc13)-c1cc3c(c(=O)n1C2)COC(O)[C@H]3O. The average Bonchev–Trinajstić information content (AvgIpc) is 3.02. The molecule has 0 saturated carbocycles. The third-order valence-electron chi connectivity index (χ3n) is 5.52. The van der Waals surface area contributed by atoms with Gasteiger partial charge in [0.15, 0.2) is 6.29 Å². The molecule has 5 rings (SSSR count). The molecule has 2 aliphatic heterocycles. The van der Waals surface area contributed by atoms with Crippen LogP contribution in [0, 0.1) is 0 Å². The van der Waals surface area contributed by atoms with Gasteiger partial charge in [-0.25, -0.2) is 4.98 Å². The quantitative estimate of drug-likeness (QED) is 0.472. The fourth-order valence-corrected chi connectivity index (χ4v) is 4.18. The monoisotopic (exact) mass is 366 g/mol. The fraction of sp³-hybridized carbons (Fsp3) is 0.300. The molecule has 3 N–H and O–H groups in total. The van der Waals surface area contributed by atoms with Gasteiger partial charge in [0.25, 0.3) is 5.56 Å². The van der Waals surface area contributed by atoms with Crippen molar-refractivity contribution in [2.24, 2.45) is 0 Å². The molecule has 138 valence electrons. The van der Waals surface area contributed by atoms with Crippen LogP contribution in [0.3, 0.4) is 0 Å². The minimum absolute atomic E-state index is 0.0348. The van der Waals surface area contributed by atoms with Gasteiger partial charge in [-0.1, -0.05) is 6.92 Å². The van der Waals surface area contributed by atoms with E-state index in [-0.39, 0.29) is 17.9 Å². The minimum atomic E-state index is -1.35. The van der Waals surface area contributed by atoms with Crippen molar-refractivity contribution in [2.75, 3.05) is 0 Å². The van der Waals surface area contributed by atoms with Crippen LogP contribution in [0.2, 0.25) is 0 Å². The third-order valence-corrected chi connectivity index (χ3v) is 5.52. The van der Waals surface area contributed by atoms with Gasteiger partial charge in [0.05, 0.1) is 30.1 Å². The van der Waals surface area contributed by atoms with Gasteiger partial charge < -0.3 is 24.6 Å². The molecule has 0 amide bonds. The van der Waals surface area contributed by atoms with Gasteiger partial charge in [-0.2, -0.15) is 0 Å². The normalized spacial score (nSPS) is 20.4. The van der Waals surface area contributed by atoms with E-state index in [2.05, 4.69) is 0 Å². The van der Waals surface area contributed by atoms with Gasteiger partial charge in [-0.05, 0) is 41.8 Å². The van der Waals surface area contributed by atoms with Crippen molar-refractivity contribution in [3.63, 3.8) is 0 Å². The Kier molecular flexibility index (Phi) is 3.42. The van der Waals surface area contributed by atoms with Crippen LogP contribution in [0.4, 0.5) is 0 Å². The number of pyridine rings is 2. The number of nitrogens with zero attached hydrogens (tertiary/aromatic N) is 2. The molecule has 0 saturated heterocycles. The molecule has 3 aromatic rings. The van der Waals surface area contributed by atoms with Gasteiger partial charge in [0.1, 0.15) is 11.9 Å². The van der Waals surface area contributed by atoms with E-state index in [0.29, 0.717) is 29.1 Å². The first-order valence-corrected chi connectivity index (χ1v) is 8.88. The number of fused-ring (bicyclic) bond motifs is 5. The van der Waals surface area contributed by atoms with Gasteiger partial charge in [0.2, 0.25) is 0 Å². The summed E-state index contributed by atoms with van der Waals surface area (Å²) in [6.45, 7) is 2.38. The van der Waals surface area contributed by atoms with E-state index < -0.39 is 12.4 Å². The van der Waals surface area contributed by atoms with Crippen molar-refractivity contribution in [3.05, 3.63) is 56.9 Å². The second kappa shape index (κ2) is 5.63. The lowest BCUT2D eigenvalue weighted by Crippen LogP contribution is -2.34. The topological polar surface area (TPSA) is 105 Å². The maximum atomic E-state index is 13.0. The van der Waals surface area contributed by atoms with Crippen molar-refractivity contribution in [2.45, 2.75) is 38.9 Å². The number of ether oxygens (including phenoxy) is 1. The van der Waals surface area contributed by atoms with Crippen LogP contribution in [0.25, 0.3) is 22.3 Å². The number of phenolic OH excluding ortho intramolecular Hbond substituents is 1. The van der Waals surface area contributed by atoms with Crippen LogP contribution < -0.4 is 5.56 Å². The van der Waals surface area contributed by atoms with E-state index in [1.54, 1.807) is 28.8 Å². The predicted octanol–water partition coefficient (Wildman–Crippen LogP) is 1.58. The second-order valence-corrected chi connectivity index (χ2v) is 6.97. The number of benzene rings is 1. The number of hydrogen-bond donors (Lipinski definition) is 3. The zero-order valence-electron chi connectivity index (χ0n) is 14.6. The van der Waals surface area contributed by atoms with Crippen molar-refractivity contribution in [1.82, 2.24) is 9.55 Å². The molecule has 4 heterocycles. The summed E-state index contributed by atoms with van der Waals surface area (Å²) in [5, 5.41) is 30.8. The van der Waals surface area contributed by atoms with Crippen molar-refractivity contribution < 1.29 is 20.1 Å². The first kappa shape index (κ1) is 16.4. The van der Waals surface area contributed by atoms with Crippen molar-refractivity contribution in [1.29, 1.82) is 0 Å². The molecule has 2 aliphatic rings. The maximum Gasteiger partial charge on any atom is 0.257 e. The molecule has 1 aromatic carbocycles. The van der Waals surface area contributed by atoms with Crippen LogP contribution in [0.5, 0.6) is 5.75 Å². The smallest absolute Gasteiger partial charge is 0.257 e. The summed E-state index contributed by atoms with van der Waals surface area (Å²) in [7, 11) is 0. The average molecular weight is 366 g/mol. The Labute approximate surface area is 154 Å². The molecule has 0 spiro atoms. The summed E-state index contributed by atoms with van der Waals surface area (Å²) >= 11 is 0. The number of hydrogen-bond acceptors (Lipinski definition) is 6. The lowest BCUT2D eigenvalue weighted by atomic mass is 9.97. The lowest BCUT2D eigenvalue weighted by molar-refractivity contribution is -0.181. The highest BCUT2D eigenvalue weighted by atomic mass is 16.6. The zero-order valence-corrected chi connectivity index (χ0v) is 14.6. The summed E-state index contributed by atoms with van der Waals surface area (Å²) in [4.78, 5) is 17.7. The zero-order chi connectivity index (χ0) is 18.9. The first-order chi connectivity index (χ1) is 13.0. The Morgan fingerprint density at radius 2 is 2.07 bits per heavy atom. The van der Waals surface area contributed by atoms with Gasteiger partial charge in [-0.3, -0.25) is 4.79 Å². The molecule has 27 heavy (non-hydrogen) atoms. The summed E-state index contributed by atoms with van der Waals surface area (Å²) in [6.07, 6.45) is -1.88. The largest absolute Gasteiger partial charge is 0.508 e. The second-order valence-electron chi connectivity index (χ2n) is 6.97. The number of aromatic hydroxyl groups is 1. The van der Waals surface area contributed by atoms with Crippen LogP contribution in [0.15, 0.2) is 29.1 Å². The number of aliphatic hydroxyl groups is 2. The molecular weight excluding hydrogens is 348 g/mol. The van der Waals surface area contributed by atoms with E-state index in [0.717, 1.165) is 28.5 Å². The fourth-order valence-electron chi connectivity index (χ4n) is 4.18. The van der Waals surface area contributed by atoms with Crippen molar-refractivity contribution >= 4 is 10.9 Å². The van der Waals surface area contributed by atoms with Gasteiger partial charge >= 0.3 is 0 Å². The van der Waals surface area contributed by atoms with Crippen LogP contribution in [0.1, 0.15) is 35.3 Å². The third kappa shape index (κ3) is 2.19. The van der Waals surface area contributed by atoms with E-state index in [1.165, 1.54) is 0 Å². The molecule has 0 aliphatic carbocycles. The summed E-state index contributed by atoms with van der Waals surface area (Å²) in [5.41, 5.74) is 4.60. The molecule has 1 unspecified atom stereocenters. The highest BCUT2D eigenvalue weighted by Crippen LogP contribution is 2.38. The Morgan fingerprint density at radius 1 is 1.26 bits per heavy atom.